The molecule has 0 aromatic heterocycles. The zero-order valence-corrected chi connectivity index (χ0v) is 16.7. The van der Waals surface area contributed by atoms with Crippen molar-refractivity contribution in [2.24, 2.45) is 5.92 Å². The minimum absolute atomic E-state index is 0.0670. The smallest absolute Gasteiger partial charge is 0.310 e. The van der Waals surface area contributed by atoms with Crippen molar-refractivity contribution in [3.05, 3.63) is 59.7 Å². The molecule has 2 aliphatic rings. The number of carbonyl (C=O) groups excluding carboxylic acids is 2. The highest BCUT2D eigenvalue weighted by Gasteiger charge is 2.49. The maximum atomic E-state index is 12.6. The Balaban J connectivity index is 1.67. The van der Waals surface area contributed by atoms with E-state index >= 15 is 0 Å². The summed E-state index contributed by atoms with van der Waals surface area (Å²) in [4.78, 5) is 26.9. The molecule has 0 N–H and O–H groups in total. The fraction of sp³-hybridized carbons (Fsp3) is 0.417. The summed E-state index contributed by atoms with van der Waals surface area (Å²) in [5, 5.41) is 0. The monoisotopic (exact) mass is 377 g/mol. The van der Waals surface area contributed by atoms with E-state index in [0.29, 0.717) is 6.04 Å². The first-order valence-corrected chi connectivity index (χ1v) is 10.0. The van der Waals surface area contributed by atoms with E-state index in [1.54, 1.807) is 6.92 Å². The molecule has 4 nitrogen and oxygen atoms in total. The summed E-state index contributed by atoms with van der Waals surface area (Å²) in [5.74, 6) is 0.0212. The van der Waals surface area contributed by atoms with Crippen LogP contribution in [0.3, 0.4) is 0 Å². The van der Waals surface area contributed by atoms with Gasteiger partial charge in [-0.05, 0) is 49.9 Å². The lowest BCUT2D eigenvalue weighted by Crippen LogP contribution is -2.49. The molecule has 0 aliphatic carbocycles. The first kappa shape index (κ1) is 18.9. The van der Waals surface area contributed by atoms with Crippen LogP contribution in [0.25, 0.3) is 11.1 Å². The predicted octanol–water partition coefficient (Wildman–Crippen LogP) is 4.30. The van der Waals surface area contributed by atoms with Crippen LogP contribution in [0.4, 0.5) is 0 Å². The van der Waals surface area contributed by atoms with Crippen LogP contribution in [-0.2, 0) is 9.53 Å². The summed E-state index contributed by atoms with van der Waals surface area (Å²) in [6.45, 7) is 1.60. The molecular weight excluding hydrogens is 350 g/mol. The molecule has 2 unspecified atom stereocenters. The van der Waals surface area contributed by atoms with Crippen LogP contribution in [0.1, 0.15) is 48.0 Å². The van der Waals surface area contributed by atoms with Gasteiger partial charge in [-0.15, -0.1) is 0 Å². The fourth-order valence-electron chi connectivity index (χ4n) is 5.22. The van der Waals surface area contributed by atoms with Crippen LogP contribution in [0, 0.1) is 5.92 Å². The summed E-state index contributed by atoms with van der Waals surface area (Å²) in [6.07, 6.45) is 3.19. The Morgan fingerprint density at radius 1 is 1.04 bits per heavy atom. The summed E-state index contributed by atoms with van der Waals surface area (Å²) >= 11 is 0. The van der Waals surface area contributed by atoms with Gasteiger partial charge in [-0.1, -0.05) is 48.5 Å². The quantitative estimate of drug-likeness (QED) is 0.589. The number of esters is 1. The van der Waals surface area contributed by atoms with Gasteiger partial charge in [-0.25, -0.2) is 0 Å². The molecule has 2 aliphatic heterocycles. The number of methoxy groups -OCH3 is 1. The molecule has 0 spiro atoms. The second kappa shape index (κ2) is 7.51. The summed E-state index contributed by atoms with van der Waals surface area (Å²) in [7, 11) is 3.62. The van der Waals surface area contributed by atoms with Crippen molar-refractivity contribution in [1.29, 1.82) is 0 Å². The molecule has 2 saturated heterocycles. The number of benzene rings is 2. The third kappa shape index (κ3) is 3.16. The number of ketones is 1. The number of hydrogen-bond acceptors (Lipinski definition) is 4. The van der Waals surface area contributed by atoms with Crippen LogP contribution in [-0.4, -0.2) is 42.9 Å². The van der Waals surface area contributed by atoms with E-state index in [2.05, 4.69) is 36.2 Å². The summed E-state index contributed by atoms with van der Waals surface area (Å²) < 4.78 is 5.17. The second-order valence-corrected chi connectivity index (χ2v) is 8.08. The Bertz CT molecular complexity index is 889. The molecule has 28 heavy (non-hydrogen) atoms. The van der Waals surface area contributed by atoms with Gasteiger partial charge in [0, 0.05) is 23.6 Å². The zero-order valence-electron chi connectivity index (χ0n) is 16.7. The highest BCUT2D eigenvalue weighted by Crippen LogP contribution is 2.46. The molecule has 0 amide bonds. The first-order chi connectivity index (χ1) is 13.5. The van der Waals surface area contributed by atoms with Crippen molar-refractivity contribution >= 4 is 11.8 Å². The van der Waals surface area contributed by atoms with E-state index in [4.69, 9.17) is 4.74 Å². The zero-order chi connectivity index (χ0) is 19.8. The molecule has 4 atom stereocenters. The van der Waals surface area contributed by atoms with Gasteiger partial charge >= 0.3 is 5.97 Å². The highest BCUT2D eigenvalue weighted by atomic mass is 16.5. The van der Waals surface area contributed by atoms with Crippen molar-refractivity contribution in [3.63, 3.8) is 0 Å². The van der Waals surface area contributed by atoms with E-state index in [1.165, 1.54) is 12.7 Å². The molecule has 2 aromatic carbocycles. The number of Topliss-reactive ketones (excluding diaryl/α,β-unsaturated/α-hetero) is 1. The minimum Gasteiger partial charge on any atom is -0.469 e. The van der Waals surface area contributed by atoms with Crippen molar-refractivity contribution in [3.8, 4) is 11.1 Å². The Morgan fingerprint density at radius 2 is 1.75 bits per heavy atom. The Labute approximate surface area is 166 Å². The molecule has 2 fully saturated rings. The second-order valence-electron chi connectivity index (χ2n) is 8.08. The molecule has 4 heteroatoms. The minimum atomic E-state index is -0.121. The van der Waals surface area contributed by atoms with E-state index in [1.807, 2.05) is 24.3 Å². The van der Waals surface area contributed by atoms with Crippen LogP contribution in [0.5, 0.6) is 0 Å². The first-order valence-electron chi connectivity index (χ1n) is 10.0. The van der Waals surface area contributed by atoms with Crippen molar-refractivity contribution in [2.75, 3.05) is 14.2 Å². The van der Waals surface area contributed by atoms with E-state index in [9.17, 15) is 9.59 Å². The van der Waals surface area contributed by atoms with Gasteiger partial charge in [0.15, 0.2) is 5.78 Å². The largest absolute Gasteiger partial charge is 0.469 e. The lowest BCUT2D eigenvalue weighted by atomic mass is 9.76. The summed E-state index contributed by atoms with van der Waals surface area (Å²) in [6, 6.07) is 16.9. The molecule has 0 radical (unpaired) electrons. The van der Waals surface area contributed by atoms with E-state index in [0.717, 1.165) is 36.0 Å². The van der Waals surface area contributed by atoms with Crippen LogP contribution < -0.4 is 0 Å². The number of hydrogen-bond donors (Lipinski definition) is 0. The van der Waals surface area contributed by atoms with Gasteiger partial charge in [0.2, 0.25) is 0 Å². The number of fused-ring (bicyclic) bond motifs is 2. The Kier molecular flexibility index (Phi) is 5.07. The average molecular weight is 377 g/mol. The van der Waals surface area contributed by atoms with E-state index < -0.39 is 0 Å². The van der Waals surface area contributed by atoms with Gasteiger partial charge in [-0.2, -0.15) is 0 Å². The van der Waals surface area contributed by atoms with Crippen molar-refractivity contribution in [1.82, 2.24) is 4.90 Å². The van der Waals surface area contributed by atoms with Crippen LogP contribution in [0.15, 0.2) is 48.5 Å². The number of carbonyl (C=O) groups is 2. The fourth-order valence-corrected chi connectivity index (χ4v) is 5.22. The molecule has 2 heterocycles. The molecule has 0 saturated carbocycles. The third-order valence-electron chi connectivity index (χ3n) is 6.70. The van der Waals surface area contributed by atoms with Gasteiger partial charge in [-0.3, -0.25) is 14.5 Å². The average Bonchev–Trinajstić information content (AvgIpc) is 2.95. The third-order valence-corrected chi connectivity index (χ3v) is 6.70. The lowest BCUT2D eigenvalue weighted by molar-refractivity contribution is -0.150. The maximum absolute atomic E-state index is 12.6. The highest BCUT2D eigenvalue weighted by molar-refractivity contribution is 6.00. The lowest BCUT2D eigenvalue weighted by Gasteiger charge is -2.41. The number of rotatable bonds is 4. The predicted molar refractivity (Wildman–Crippen MR) is 109 cm³/mol. The van der Waals surface area contributed by atoms with Gasteiger partial charge in [0.1, 0.15) is 0 Å². The number of nitrogens with zero attached hydrogens (tertiary/aromatic N) is 1. The van der Waals surface area contributed by atoms with Gasteiger partial charge in [0.25, 0.3) is 0 Å². The van der Waals surface area contributed by atoms with Crippen LogP contribution in [0.2, 0.25) is 0 Å². The Morgan fingerprint density at radius 3 is 2.43 bits per heavy atom. The number of piperidine rings is 1. The molecule has 146 valence electrons. The van der Waals surface area contributed by atoms with Crippen molar-refractivity contribution in [2.45, 2.75) is 44.2 Å². The standard InChI is InChI=1S/C24H27NO3/c1-15(26)19-6-4-5-7-20(19)16-8-10-17(11-9-16)21-14-18-12-13-22(25(18)2)23(21)24(27)28-3/h4-11,18,21-23H,12-14H2,1-3H3/t18-,21?,22+,23?/m1/s1. The summed E-state index contributed by atoms with van der Waals surface area (Å²) in [5.41, 5.74) is 3.90. The topological polar surface area (TPSA) is 46.6 Å². The van der Waals surface area contributed by atoms with Crippen LogP contribution >= 0.6 is 0 Å². The van der Waals surface area contributed by atoms with E-state index in [-0.39, 0.29) is 29.6 Å². The normalized spacial score (nSPS) is 26.8. The number of ether oxygens (including phenoxy) is 1. The maximum Gasteiger partial charge on any atom is 0.310 e. The van der Waals surface area contributed by atoms with Crippen molar-refractivity contribution < 1.29 is 14.3 Å². The molecule has 2 aromatic rings. The Hall–Kier alpha value is -2.46. The molecular formula is C24H27NO3. The molecule has 4 rings (SSSR count). The molecule has 2 bridgehead atoms. The van der Waals surface area contributed by atoms with Gasteiger partial charge in [0.05, 0.1) is 13.0 Å². The SMILES string of the molecule is COC(=O)C1C(c2ccc(-c3ccccc3C(C)=O)cc2)C[C@H]2CC[C@@H]1N2C. The van der Waals surface area contributed by atoms with Gasteiger partial charge < -0.3 is 4.74 Å².